The summed E-state index contributed by atoms with van der Waals surface area (Å²) < 4.78 is 13.0. The first kappa shape index (κ1) is 11.1. The average Bonchev–Trinajstić information content (AvgIpc) is 2.80. The zero-order valence-electron chi connectivity index (χ0n) is 8.48. The third kappa shape index (κ3) is 2.59. The molecule has 0 atom stereocenters. The van der Waals surface area contributed by atoms with Gasteiger partial charge >= 0.3 is 0 Å². The minimum Gasteiger partial charge on any atom is -0.326 e. The molecule has 16 heavy (non-hydrogen) atoms. The molecule has 1 aromatic heterocycles. The Labute approximate surface area is 96.5 Å². The molecule has 84 valence electrons. The second kappa shape index (κ2) is 5.09. The van der Waals surface area contributed by atoms with E-state index in [0.29, 0.717) is 12.3 Å². The van der Waals surface area contributed by atoms with Crippen LogP contribution < -0.4 is 5.73 Å². The van der Waals surface area contributed by atoms with E-state index in [2.05, 4.69) is 15.2 Å². The zero-order chi connectivity index (χ0) is 11.4. The summed E-state index contributed by atoms with van der Waals surface area (Å²) in [6.07, 6.45) is 1.46. The van der Waals surface area contributed by atoms with Gasteiger partial charge in [0.1, 0.15) is 12.1 Å². The average molecular weight is 238 g/mol. The zero-order valence-corrected chi connectivity index (χ0v) is 9.30. The molecule has 0 amide bonds. The van der Waals surface area contributed by atoms with Crippen molar-refractivity contribution in [2.75, 3.05) is 0 Å². The number of nitrogens with one attached hydrogen (secondary N) is 1. The van der Waals surface area contributed by atoms with Crippen LogP contribution in [0.1, 0.15) is 11.1 Å². The molecule has 0 radical (unpaired) electrons. The van der Waals surface area contributed by atoms with E-state index in [1.165, 1.54) is 30.2 Å². The van der Waals surface area contributed by atoms with Gasteiger partial charge in [-0.3, -0.25) is 5.10 Å². The number of aromatic nitrogens is 3. The molecule has 0 aliphatic carbocycles. The van der Waals surface area contributed by atoms with Gasteiger partial charge in [0.05, 0.1) is 0 Å². The number of benzene rings is 1. The number of nitrogens with two attached hydrogens (primary N) is 1. The van der Waals surface area contributed by atoms with Gasteiger partial charge in [-0.15, -0.1) is 0 Å². The lowest BCUT2D eigenvalue weighted by Gasteiger charge is -2.06. The van der Waals surface area contributed by atoms with Gasteiger partial charge in [-0.05, 0) is 23.3 Å². The highest BCUT2D eigenvalue weighted by Gasteiger charge is 2.04. The minimum absolute atomic E-state index is 0.256. The summed E-state index contributed by atoms with van der Waals surface area (Å²) >= 11 is 1.51. The lowest BCUT2D eigenvalue weighted by atomic mass is 10.1. The smallest absolute Gasteiger partial charge is 0.183 e. The highest BCUT2D eigenvalue weighted by atomic mass is 32.2. The molecule has 0 saturated heterocycles. The summed E-state index contributed by atoms with van der Waals surface area (Å²) in [5.74, 6) is 0.441. The van der Waals surface area contributed by atoms with Crippen molar-refractivity contribution < 1.29 is 4.39 Å². The molecule has 3 N–H and O–H groups in total. The van der Waals surface area contributed by atoms with Crippen LogP contribution in [0.2, 0.25) is 0 Å². The lowest BCUT2D eigenvalue weighted by Crippen LogP contribution is -2.01. The number of halogens is 1. The molecule has 0 bridgehead atoms. The SMILES string of the molecule is NCc1cc(F)ccc1CSc1ncn[nH]1. The van der Waals surface area contributed by atoms with Crippen molar-refractivity contribution in [3.8, 4) is 0 Å². The molecule has 0 spiro atoms. The Kier molecular flexibility index (Phi) is 3.53. The normalized spacial score (nSPS) is 10.6. The lowest BCUT2D eigenvalue weighted by molar-refractivity contribution is 0.624. The molecule has 6 heteroatoms. The molecular formula is C10H11FN4S. The maximum absolute atomic E-state index is 13.0. The van der Waals surface area contributed by atoms with Gasteiger partial charge in [0.25, 0.3) is 0 Å². The molecule has 0 fully saturated rings. The maximum atomic E-state index is 13.0. The van der Waals surface area contributed by atoms with E-state index in [0.717, 1.165) is 16.3 Å². The van der Waals surface area contributed by atoms with Crippen molar-refractivity contribution in [2.24, 2.45) is 5.73 Å². The second-order valence-electron chi connectivity index (χ2n) is 3.20. The van der Waals surface area contributed by atoms with Crippen molar-refractivity contribution in [1.29, 1.82) is 0 Å². The van der Waals surface area contributed by atoms with Crippen LogP contribution in [0.15, 0.2) is 29.7 Å². The highest BCUT2D eigenvalue weighted by molar-refractivity contribution is 7.98. The number of rotatable bonds is 4. The first-order valence-electron chi connectivity index (χ1n) is 4.75. The van der Waals surface area contributed by atoms with E-state index in [1.807, 2.05) is 0 Å². The number of hydrogen-bond donors (Lipinski definition) is 2. The van der Waals surface area contributed by atoms with Crippen molar-refractivity contribution in [3.05, 3.63) is 41.5 Å². The van der Waals surface area contributed by atoms with Gasteiger partial charge in [0.2, 0.25) is 0 Å². The monoisotopic (exact) mass is 238 g/mol. The summed E-state index contributed by atoms with van der Waals surface area (Å²) in [6.45, 7) is 0.337. The summed E-state index contributed by atoms with van der Waals surface area (Å²) in [4.78, 5) is 4.00. The molecule has 2 aromatic rings. The van der Waals surface area contributed by atoms with Gasteiger partial charge in [-0.1, -0.05) is 17.8 Å². The Morgan fingerprint density at radius 2 is 2.25 bits per heavy atom. The highest BCUT2D eigenvalue weighted by Crippen LogP contribution is 2.21. The van der Waals surface area contributed by atoms with Crippen LogP contribution in [0.4, 0.5) is 4.39 Å². The third-order valence-corrected chi connectivity index (χ3v) is 3.07. The number of hydrogen-bond acceptors (Lipinski definition) is 4. The van der Waals surface area contributed by atoms with E-state index in [9.17, 15) is 4.39 Å². The third-order valence-electron chi connectivity index (χ3n) is 2.15. The summed E-state index contributed by atoms with van der Waals surface area (Å²) in [7, 11) is 0. The number of aromatic amines is 1. The summed E-state index contributed by atoms with van der Waals surface area (Å²) in [5, 5.41) is 7.25. The standard InChI is InChI=1S/C10H11FN4S/c11-9-2-1-7(8(3-9)4-12)5-16-10-13-6-14-15-10/h1-3,6H,4-5,12H2,(H,13,14,15). The second-order valence-corrected chi connectivity index (χ2v) is 4.16. The largest absolute Gasteiger partial charge is 0.326 e. The van der Waals surface area contributed by atoms with Crippen LogP contribution in [0.3, 0.4) is 0 Å². The van der Waals surface area contributed by atoms with Crippen molar-refractivity contribution in [3.63, 3.8) is 0 Å². The number of nitrogens with zero attached hydrogens (tertiary/aromatic N) is 2. The van der Waals surface area contributed by atoms with E-state index in [4.69, 9.17) is 5.73 Å². The van der Waals surface area contributed by atoms with Crippen LogP contribution in [0.25, 0.3) is 0 Å². The quantitative estimate of drug-likeness (QED) is 0.795. The Bertz CT molecular complexity index is 458. The Hall–Kier alpha value is -1.40. The summed E-state index contributed by atoms with van der Waals surface area (Å²) in [5.41, 5.74) is 7.40. The van der Waals surface area contributed by atoms with Gasteiger partial charge in [-0.25, -0.2) is 9.37 Å². The first-order valence-corrected chi connectivity index (χ1v) is 5.73. The Morgan fingerprint density at radius 1 is 1.38 bits per heavy atom. The van der Waals surface area contributed by atoms with Crippen LogP contribution in [0.5, 0.6) is 0 Å². The summed E-state index contributed by atoms with van der Waals surface area (Å²) in [6, 6.07) is 4.66. The fourth-order valence-corrected chi connectivity index (χ4v) is 2.15. The van der Waals surface area contributed by atoms with Gasteiger partial charge in [-0.2, -0.15) is 5.10 Å². The van der Waals surface area contributed by atoms with Crippen LogP contribution in [-0.2, 0) is 12.3 Å². The number of H-pyrrole nitrogens is 1. The molecule has 0 saturated carbocycles. The van der Waals surface area contributed by atoms with Crippen LogP contribution >= 0.6 is 11.8 Å². The molecule has 2 rings (SSSR count). The molecular weight excluding hydrogens is 227 g/mol. The molecule has 0 unspecified atom stereocenters. The molecule has 4 nitrogen and oxygen atoms in total. The van der Waals surface area contributed by atoms with Gasteiger partial charge in [0.15, 0.2) is 5.16 Å². The van der Waals surface area contributed by atoms with Crippen molar-refractivity contribution >= 4 is 11.8 Å². The van der Waals surface area contributed by atoms with Crippen LogP contribution in [-0.4, -0.2) is 15.2 Å². The molecule has 0 aliphatic rings. The van der Waals surface area contributed by atoms with E-state index in [-0.39, 0.29) is 5.82 Å². The van der Waals surface area contributed by atoms with E-state index >= 15 is 0 Å². The predicted octanol–water partition coefficient (Wildman–Crippen LogP) is 1.69. The molecule has 0 aliphatic heterocycles. The molecule has 1 heterocycles. The fraction of sp³-hybridized carbons (Fsp3) is 0.200. The minimum atomic E-state index is -0.256. The predicted molar refractivity (Wildman–Crippen MR) is 60.2 cm³/mol. The van der Waals surface area contributed by atoms with E-state index in [1.54, 1.807) is 6.07 Å². The Balaban J connectivity index is 2.09. The van der Waals surface area contributed by atoms with Gasteiger partial charge < -0.3 is 5.73 Å². The van der Waals surface area contributed by atoms with Crippen LogP contribution in [0, 0.1) is 5.82 Å². The van der Waals surface area contributed by atoms with Crippen molar-refractivity contribution in [1.82, 2.24) is 15.2 Å². The molecule has 1 aromatic carbocycles. The van der Waals surface area contributed by atoms with Crippen molar-refractivity contribution in [2.45, 2.75) is 17.5 Å². The number of thioether (sulfide) groups is 1. The first-order chi connectivity index (χ1) is 7.79. The Morgan fingerprint density at radius 3 is 2.94 bits per heavy atom. The topological polar surface area (TPSA) is 67.6 Å². The fourth-order valence-electron chi connectivity index (χ4n) is 1.34. The van der Waals surface area contributed by atoms with E-state index < -0.39 is 0 Å². The maximum Gasteiger partial charge on any atom is 0.183 e. The van der Waals surface area contributed by atoms with Gasteiger partial charge in [0, 0.05) is 12.3 Å².